The first-order chi connectivity index (χ1) is 6.94. The highest BCUT2D eigenvalue weighted by atomic mass is 31.2. The minimum atomic E-state index is -3.42. The van der Waals surface area contributed by atoms with E-state index in [1.165, 1.54) is 0 Å². The Hall–Kier alpha value is 0.300. The normalized spacial score (nSPS) is 13.5. The Morgan fingerprint density at radius 1 is 0.867 bits per heavy atom. The van der Waals surface area contributed by atoms with E-state index in [4.69, 9.17) is 20.4 Å². The minimum absolute atomic E-state index is 0.163. The van der Waals surface area contributed by atoms with Gasteiger partial charge in [-0.05, 0) is 6.42 Å². The SMILES string of the molecule is CCC(P(=O)(CO)CO)P(=O)(CO)CO. The first kappa shape index (κ1) is 15.3. The number of rotatable bonds is 7. The quantitative estimate of drug-likeness (QED) is 0.488. The molecule has 0 rings (SSSR count). The lowest BCUT2D eigenvalue weighted by atomic mass is 10.6. The Balaban J connectivity index is 5.22. The molecule has 0 heterocycles. The van der Waals surface area contributed by atoms with Crippen LogP contribution in [0.4, 0.5) is 0 Å². The summed E-state index contributed by atoms with van der Waals surface area (Å²) in [5, 5.41) is 34.7. The van der Waals surface area contributed by atoms with Crippen LogP contribution in [-0.2, 0) is 9.13 Å². The highest BCUT2D eigenvalue weighted by Crippen LogP contribution is 2.67. The maximum Gasteiger partial charge on any atom is 0.146 e. The predicted octanol–water partition coefficient (Wildman–Crippen LogP) is 0.248. The van der Waals surface area contributed by atoms with Gasteiger partial charge in [-0.25, -0.2) is 0 Å². The zero-order chi connectivity index (χ0) is 12.1. The summed E-state index contributed by atoms with van der Waals surface area (Å²) in [6, 6.07) is 0. The molecule has 0 aliphatic rings. The average Bonchev–Trinajstić information content (AvgIpc) is 2.29. The van der Waals surface area contributed by atoms with Gasteiger partial charge < -0.3 is 29.6 Å². The van der Waals surface area contributed by atoms with Crippen molar-refractivity contribution in [2.24, 2.45) is 0 Å². The lowest BCUT2D eigenvalue weighted by Gasteiger charge is -2.29. The summed E-state index contributed by atoms with van der Waals surface area (Å²) >= 11 is 0. The molecule has 8 heteroatoms. The third-order valence-corrected chi connectivity index (χ3v) is 9.75. The average molecular weight is 260 g/mol. The van der Waals surface area contributed by atoms with Gasteiger partial charge in [-0.15, -0.1) is 0 Å². The molecule has 0 bridgehead atoms. The summed E-state index contributed by atoms with van der Waals surface area (Å²) in [5.41, 5.74) is 0. The van der Waals surface area contributed by atoms with Gasteiger partial charge >= 0.3 is 0 Å². The number of hydrogen-bond acceptors (Lipinski definition) is 6. The number of hydrogen-bond donors (Lipinski definition) is 4. The van der Waals surface area contributed by atoms with Gasteiger partial charge in [0.25, 0.3) is 0 Å². The van der Waals surface area contributed by atoms with Crippen molar-refractivity contribution in [3.63, 3.8) is 0 Å². The van der Waals surface area contributed by atoms with Crippen molar-refractivity contribution in [2.75, 3.05) is 25.4 Å². The van der Waals surface area contributed by atoms with E-state index in [2.05, 4.69) is 0 Å². The molecule has 4 N–H and O–H groups in total. The molecule has 6 nitrogen and oxygen atoms in total. The summed E-state index contributed by atoms with van der Waals surface area (Å²) in [5.74, 6) is 0. The highest BCUT2D eigenvalue weighted by molar-refractivity contribution is 7.81. The maximum absolute atomic E-state index is 12.0. The van der Waals surface area contributed by atoms with Crippen LogP contribution < -0.4 is 0 Å². The number of aliphatic hydroxyl groups excluding tert-OH is 4. The van der Waals surface area contributed by atoms with Crippen molar-refractivity contribution in [1.29, 1.82) is 0 Å². The predicted molar refractivity (Wildman–Crippen MR) is 57.6 cm³/mol. The van der Waals surface area contributed by atoms with Crippen molar-refractivity contribution < 1.29 is 29.6 Å². The van der Waals surface area contributed by atoms with Crippen LogP contribution in [0.15, 0.2) is 0 Å². The topological polar surface area (TPSA) is 115 Å². The summed E-state index contributed by atoms with van der Waals surface area (Å²) < 4.78 is 23.9. The van der Waals surface area contributed by atoms with Crippen LogP contribution in [-0.4, -0.2) is 51.2 Å². The van der Waals surface area contributed by atoms with E-state index in [-0.39, 0.29) is 6.42 Å². The molecule has 0 aliphatic heterocycles. The van der Waals surface area contributed by atoms with Crippen LogP contribution in [0.1, 0.15) is 13.3 Å². The molecular formula is C7H18O6P2. The van der Waals surface area contributed by atoms with E-state index < -0.39 is 45.1 Å². The van der Waals surface area contributed by atoms with Gasteiger partial charge in [0.1, 0.15) is 14.3 Å². The molecule has 0 saturated heterocycles. The summed E-state index contributed by atoms with van der Waals surface area (Å²) in [6.07, 6.45) is -2.92. The molecule has 0 aromatic carbocycles. The van der Waals surface area contributed by atoms with Crippen LogP contribution >= 0.6 is 14.3 Å². The molecule has 0 aromatic rings. The number of aliphatic hydroxyl groups is 4. The molecule has 0 amide bonds. The van der Waals surface area contributed by atoms with E-state index in [0.29, 0.717) is 0 Å². The lowest BCUT2D eigenvalue weighted by molar-refractivity contribution is 0.314. The van der Waals surface area contributed by atoms with Crippen molar-refractivity contribution >= 4 is 14.3 Å². The van der Waals surface area contributed by atoms with Crippen molar-refractivity contribution in [3.8, 4) is 0 Å². The second kappa shape index (κ2) is 6.14. The molecule has 0 saturated carbocycles. The van der Waals surface area contributed by atoms with Crippen LogP contribution in [0.2, 0.25) is 0 Å². The first-order valence-electron chi connectivity index (χ1n) is 4.53. The summed E-state index contributed by atoms with van der Waals surface area (Å²) in [4.78, 5) is 0. The van der Waals surface area contributed by atoms with Gasteiger partial charge in [-0.2, -0.15) is 0 Å². The molecule has 0 spiro atoms. The fourth-order valence-corrected chi connectivity index (χ4v) is 7.72. The fourth-order valence-electron chi connectivity index (χ4n) is 1.52. The van der Waals surface area contributed by atoms with Gasteiger partial charge in [0.15, 0.2) is 0 Å². The van der Waals surface area contributed by atoms with Gasteiger partial charge in [0.2, 0.25) is 0 Å². The largest absolute Gasteiger partial charge is 0.389 e. The van der Waals surface area contributed by atoms with Crippen molar-refractivity contribution in [1.82, 2.24) is 0 Å². The molecule has 0 aromatic heterocycles. The van der Waals surface area contributed by atoms with Crippen molar-refractivity contribution in [2.45, 2.75) is 18.7 Å². The Morgan fingerprint density at radius 2 is 1.13 bits per heavy atom. The summed E-state index contributed by atoms with van der Waals surface area (Å²) in [6.45, 7) is 1.58. The zero-order valence-corrected chi connectivity index (χ0v) is 10.4. The fraction of sp³-hybridized carbons (Fsp3) is 1.00. The Morgan fingerprint density at radius 3 is 1.27 bits per heavy atom. The van der Waals surface area contributed by atoms with E-state index in [9.17, 15) is 9.13 Å². The van der Waals surface area contributed by atoms with Crippen LogP contribution in [0, 0.1) is 0 Å². The van der Waals surface area contributed by atoms with E-state index in [0.717, 1.165) is 0 Å². The second-order valence-electron chi connectivity index (χ2n) is 3.36. The standard InChI is InChI=1S/C7H18O6P2/c1-2-7(14(12,3-8)4-9)15(13,5-10)6-11/h7-11H,2-6H2,1H3. The van der Waals surface area contributed by atoms with Gasteiger partial charge in [-0.3, -0.25) is 0 Å². The van der Waals surface area contributed by atoms with Gasteiger partial charge in [-0.1, -0.05) is 6.92 Å². The van der Waals surface area contributed by atoms with Gasteiger partial charge in [0, 0.05) is 0 Å². The first-order valence-corrected chi connectivity index (χ1v) is 8.82. The summed E-state index contributed by atoms with van der Waals surface area (Å²) in [7, 11) is -6.84. The Bertz CT molecular complexity index is 237. The minimum Gasteiger partial charge on any atom is -0.389 e. The third kappa shape index (κ3) is 3.13. The lowest BCUT2D eigenvalue weighted by Crippen LogP contribution is -2.17. The highest BCUT2D eigenvalue weighted by Gasteiger charge is 2.43. The smallest absolute Gasteiger partial charge is 0.146 e. The van der Waals surface area contributed by atoms with E-state index in [1.807, 2.05) is 0 Å². The Labute approximate surface area is 88.7 Å². The molecule has 0 aliphatic carbocycles. The molecule has 0 fully saturated rings. The maximum atomic E-state index is 12.0. The third-order valence-electron chi connectivity index (χ3n) is 2.41. The molecule has 0 unspecified atom stereocenters. The van der Waals surface area contributed by atoms with E-state index >= 15 is 0 Å². The Kier molecular flexibility index (Phi) is 6.26. The molecule has 92 valence electrons. The van der Waals surface area contributed by atoms with Gasteiger partial charge in [0.05, 0.1) is 30.8 Å². The molecule has 0 atom stereocenters. The van der Waals surface area contributed by atoms with E-state index in [1.54, 1.807) is 6.92 Å². The zero-order valence-electron chi connectivity index (χ0n) is 8.61. The molecule has 0 radical (unpaired) electrons. The monoisotopic (exact) mass is 260 g/mol. The van der Waals surface area contributed by atoms with Crippen LogP contribution in [0.25, 0.3) is 0 Å². The van der Waals surface area contributed by atoms with Crippen LogP contribution in [0.5, 0.6) is 0 Å². The molecular weight excluding hydrogens is 242 g/mol. The van der Waals surface area contributed by atoms with Crippen LogP contribution in [0.3, 0.4) is 0 Å². The van der Waals surface area contributed by atoms with Crippen molar-refractivity contribution in [3.05, 3.63) is 0 Å². The molecule has 15 heavy (non-hydrogen) atoms. The second-order valence-corrected chi connectivity index (χ2v) is 9.95.